The van der Waals surface area contributed by atoms with Gasteiger partial charge in [0.2, 0.25) is 0 Å². The molecule has 19 heavy (non-hydrogen) atoms. The van der Waals surface area contributed by atoms with E-state index >= 15 is 0 Å². The molecule has 1 N–H and O–H groups in total. The highest BCUT2D eigenvalue weighted by Gasteiger charge is 2.21. The number of carbonyl (C=O) groups is 1. The van der Waals surface area contributed by atoms with Crippen molar-refractivity contribution in [3.8, 4) is 0 Å². The summed E-state index contributed by atoms with van der Waals surface area (Å²) in [5, 5.41) is 16.4. The largest absolute Gasteiger partial charge is 0.476 e. The Bertz CT molecular complexity index is 548. The van der Waals surface area contributed by atoms with Crippen LogP contribution in [0.1, 0.15) is 49.3 Å². The third-order valence-electron chi connectivity index (χ3n) is 2.79. The van der Waals surface area contributed by atoms with Crippen LogP contribution in [0.15, 0.2) is 0 Å². The zero-order chi connectivity index (χ0) is 14.6. The summed E-state index contributed by atoms with van der Waals surface area (Å²) in [4.78, 5) is 11.0. The second-order valence-corrected chi connectivity index (χ2v) is 7.07. The predicted molar refractivity (Wildman–Crippen MR) is 70.0 cm³/mol. The molecule has 0 radical (unpaired) electrons. The van der Waals surface area contributed by atoms with Crippen LogP contribution in [0.5, 0.6) is 0 Å². The van der Waals surface area contributed by atoms with E-state index in [1.807, 2.05) is 13.8 Å². The number of hydrogen-bond acceptors (Lipinski definition) is 5. The van der Waals surface area contributed by atoms with E-state index in [0.717, 1.165) is 0 Å². The zero-order valence-corrected chi connectivity index (χ0v) is 12.1. The van der Waals surface area contributed by atoms with Gasteiger partial charge in [0.15, 0.2) is 5.69 Å². The quantitative estimate of drug-likeness (QED) is 0.801. The van der Waals surface area contributed by atoms with Crippen molar-refractivity contribution in [2.75, 3.05) is 11.5 Å². The highest BCUT2D eigenvalue weighted by Crippen LogP contribution is 2.18. The van der Waals surface area contributed by atoms with E-state index in [9.17, 15) is 13.2 Å². The van der Waals surface area contributed by atoms with Gasteiger partial charge >= 0.3 is 5.97 Å². The van der Waals surface area contributed by atoms with Gasteiger partial charge in [-0.15, -0.1) is 5.10 Å². The molecule has 0 spiro atoms. The van der Waals surface area contributed by atoms with Gasteiger partial charge in [0.05, 0.1) is 11.4 Å². The van der Waals surface area contributed by atoms with Gasteiger partial charge in [-0.05, 0) is 12.3 Å². The van der Waals surface area contributed by atoms with Crippen LogP contribution in [0.25, 0.3) is 0 Å². The van der Waals surface area contributed by atoms with E-state index in [-0.39, 0.29) is 23.1 Å². The van der Waals surface area contributed by atoms with E-state index in [0.29, 0.717) is 18.7 Å². The molecule has 0 amide bonds. The van der Waals surface area contributed by atoms with Gasteiger partial charge in [-0.2, -0.15) is 0 Å². The van der Waals surface area contributed by atoms with E-state index < -0.39 is 15.8 Å². The fourth-order valence-electron chi connectivity index (χ4n) is 1.79. The maximum Gasteiger partial charge on any atom is 0.358 e. The first kappa shape index (κ1) is 15.6. The van der Waals surface area contributed by atoms with Crippen molar-refractivity contribution in [1.82, 2.24) is 15.0 Å². The number of nitrogens with zero attached hydrogens (tertiary/aromatic N) is 3. The number of aromatic nitrogens is 3. The Morgan fingerprint density at radius 3 is 2.53 bits per heavy atom. The smallest absolute Gasteiger partial charge is 0.358 e. The molecule has 8 heteroatoms. The van der Waals surface area contributed by atoms with Gasteiger partial charge in [-0.3, -0.25) is 0 Å². The van der Waals surface area contributed by atoms with E-state index in [1.165, 1.54) is 4.68 Å². The molecule has 1 rings (SSSR count). The van der Waals surface area contributed by atoms with Crippen LogP contribution in [0.3, 0.4) is 0 Å². The van der Waals surface area contributed by atoms with Gasteiger partial charge in [-0.25, -0.2) is 17.9 Å². The maximum atomic E-state index is 11.4. The number of carboxylic acids is 1. The molecule has 0 saturated carbocycles. The number of carboxylic acid groups (broad SMARTS) is 1. The predicted octanol–water partition coefficient (Wildman–Crippen LogP) is 0.925. The second-order valence-electron chi connectivity index (χ2n) is 4.60. The molecule has 7 nitrogen and oxygen atoms in total. The van der Waals surface area contributed by atoms with Crippen molar-refractivity contribution >= 4 is 15.8 Å². The molecule has 0 aliphatic heterocycles. The third kappa shape index (κ3) is 4.02. The van der Waals surface area contributed by atoms with Crippen LogP contribution in [0.2, 0.25) is 0 Å². The minimum atomic E-state index is -3.01. The SMILES string of the molecule is CCS(=O)(=O)CCCn1nnc(C(=O)O)c1C(C)C. The number of sulfone groups is 1. The molecular weight excluding hydrogens is 270 g/mol. The van der Waals surface area contributed by atoms with E-state index in [4.69, 9.17) is 5.11 Å². The van der Waals surface area contributed by atoms with Gasteiger partial charge < -0.3 is 5.11 Å². The lowest BCUT2D eigenvalue weighted by atomic mass is 10.1. The molecule has 1 aromatic heterocycles. The lowest BCUT2D eigenvalue weighted by molar-refractivity contribution is 0.0688. The summed E-state index contributed by atoms with van der Waals surface area (Å²) in [5.41, 5.74) is 0.467. The maximum absolute atomic E-state index is 11.4. The lowest BCUT2D eigenvalue weighted by Crippen LogP contribution is -2.14. The summed E-state index contributed by atoms with van der Waals surface area (Å²) >= 11 is 0. The van der Waals surface area contributed by atoms with Gasteiger partial charge in [-0.1, -0.05) is 26.0 Å². The van der Waals surface area contributed by atoms with Crippen LogP contribution in [0.4, 0.5) is 0 Å². The highest BCUT2D eigenvalue weighted by molar-refractivity contribution is 7.91. The fourth-order valence-corrected chi connectivity index (χ4v) is 2.65. The number of rotatable bonds is 7. The molecule has 0 aliphatic rings. The highest BCUT2D eigenvalue weighted by atomic mass is 32.2. The molecular formula is C11H19N3O4S. The van der Waals surface area contributed by atoms with Crippen LogP contribution in [-0.2, 0) is 16.4 Å². The monoisotopic (exact) mass is 289 g/mol. The molecule has 0 unspecified atom stereocenters. The normalized spacial score (nSPS) is 12.0. The topological polar surface area (TPSA) is 102 Å². The first-order valence-corrected chi connectivity index (χ1v) is 7.97. The van der Waals surface area contributed by atoms with Crippen molar-refractivity contribution in [3.63, 3.8) is 0 Å². The molecule has 0 aromatic carbocycles. The van der Waals surface area contributed by atoms with Crippen LogP contribution in [-0.4, -0.2) is 46.0 Å². The summed E-state index contributed by atoms with van der Waals surface area (Å²) in [5.74, 6) is -0.967. The van der Waals surface area contributed by atoms with Crippen molar-refractivity contribution in [1.29, 1.82) is 0 Å². The van der Waals surface area contributed by atoms with Crippen molar-refractivity contribution in [3.05, 3.63) is 11.4 Å². The summed E-state index contributed by atoms with van der Waals surface area (Å²) < 4.78 is 24.3. The van der Waals surface area contributed by atoms with E-state index in [1.54, 1.807) is 6.92 Å². The molecule has 1 heterocycles. The Morgan fingerprint density at radius 1 is 1.42 bits per heavy atom. The van der Waals surface area contributed by atoms with Crippen molar-refractivity contribution in [2.24, 2.45) is 0 Å². The van der Waals surface area contributed by atoms with Crippen LogP contribution < -0.4 is 0 Å². The molecule has 0 atom stereocenters. The van der Waals surface area contributed by atoms with Crippen LogP contribution in [0, 0.1) is 0 Å². The molecule has 1 aromatic rings. The van der Waals surface area contributed by atoms with Gasteiger partial charge in [0, 0.05) is 12.3 Å². The molecule has 0 saturated heterocycles. The molecule has 0 aliphatic carbocycles. The Kier molecular flexibility index (Phi) is 5.04. The molecule has 108 valence electrons. The summed E-state index contributed by atoms with van der Waals surface area (Å²) in [6.07, 6.45) is 0.401. The minimum absolute atomic E-state index is 0.0381. The van der Waals surface area contributed by atoms with Crippen molar-refractivity contribution in [2.45, 2.75) is 39.7 Å². The van der Waals surface area contributed by atoms with Crippen molar-refractivity contribution < 1.29 is 18.3 Å². The Hall–Kier alpha value is -1.44. The van der Waals surface area contributed by atoms with Gasteiger partial charge in [0.1, 0.15) is 9.84 Å². The summed E-state index contributed by atoms with van der Waals surface area (Å²) in [6, 6.07) is 0. The number of aryl methyl sites for hydroxylation is 1. The Labute approximate surface area is 112 Å². The fraction of sp³-hybridized carbons (Fsp3) is 0.727. The average molecular weight is 289 g/mol. The van der Waals surface area contributed by atoms with Gasteiger partial charge in [0.25, 0.3) is 0 Å². The first-order chi connectivity index (χ1) is 8.78. The Balaban J connectivity index is 2.82. The number of hydrogen-bond donors (Lipinski definition) is 1. The summed E-state index contributed by atoms with van der Waals surface area (Å²) in [7, 11) is -3.01. The summed E-state index contributed by atoms with van der Waals surface area (Å²) in [6.45, 7) is 5.66. The average Bonchev–Trinajstić information content (AvgIpc) is 2.73. The molecule has 0 fully saturated rings. The second kappa shape index (κ2) is 6.14. The minimum Gasteiger partial charge on any atom is -0.476 e. The first-order valence-electron chi connectivity index (χ1n) is 6.15. The molecule has 0 bridgehead atoms. The zero-order valence-electron chi connectivity index (χ0n) is 11.3. The standard InChI is InChI=1S/C11H19N3O4S/c1-4-19(17,18)7-5-6-14-10(8(2)3)9(11(15)16)12-13-14/h8H,4-7H2,1-3H3,(H,15,16). The third-order valence-corrected chi connectivity index (χ3v) is 4.58. The number of aromatic carboxylic acids is 1. The van der Waals surface area contributed by atoms with E-state index in [2.05, 4.69) is 10.3 Å². The Morgan fingerprint density at radius 2 is 2.05 bits per heavy atom. The van der Waals surface area contributed by atoms with Crippen LogP contribution >= 0.6 is 0 Å². The lowest BCUT2D eigenvalue weighted by Gasteiger charge is -2.09.